The van der Waals surface area contributed by atoms with E-state index in [2.05, 4.69) is 34.7 Å². The average Bonchev–Trinajstić information content (AvgIpc) is 2.63. The maximum Gasteiger partial charge on any atom is 0.226 e. The van der Waals surface area contributed by atoms with Gasteiger partial charge in [0, 0.05) is 23.8 Å². The summed E-state index contributed by atoms with van der Waals surface area (Å²) < 4.78 is 0. The Balaban J connectivity index is 2.03. The highest BCUT2D eigenvalue weighted by Crippen LogP contribution is 2.41. The molecule has 1 saturated heterocycles. The number of nitrogens with zero attached hydrogens (tertiary/aromatic N) is 1. The van der Waals surface area contributed by atoms with Crippen molar-refractivity contribution >= 4 is 21.8 Å². The van der Waals surface area contributed by atoms with Gasteiger partial charge in [-0.3, -0.25) is 4.79 Å². The van der Waals surface area contributed by atoms with Crippen molar-refractivity contribution in [1.82, 2.24) is 4.90 Å². The molecule has 2 aliphatic rings. The van der Waals surface area contributed by atoms with E-state index >= 15 is 0 Å². The molecular formula is C13H22BrNO. The number of alkyl halides is 1. The fraction of sp³-hybridized carbons (Fsp3) is 0.923. The number of hydrogen-bond acceptors (Lipinski definition) is 1. The van der Waals surface area contributed by atoms with Crippen LogP contribution in [0, 0.1) is 11.3 Å². The molecule has 1 saturated carbocycles. The van der Waals surface area contributed by atoms with Crippen LogP contribution in [0.15, 0.2) is 0 Å². The molecule has 1 aliphatic heterocycles. The van der Waals surface area contributed by atoms with Crippen molar-refractivity contribution in [2.45, 2.75) is 50.8 Å². The minimum atomic E-state index is 0.208. The fourth-order valence-corrected chi connectivity index (χ4v) is 3.64. The molecule has 0 N–H and O–H groups in total. The highest BCUT2D eigenvalue weighted by atomic mass is 79.9. The molecule has 1 amide bonds. The number of carbonyl (C=O) groups excluding carboxylic acids is 1. The SMILES string of the molecule is CC1(C)CCCCC1C(=O)N1CCC(Br)C1. The van der Waals surface area contributed by atoms with Gasteiger partial charge in [-0.05, 0) is 24.7 Å². The van der Waals surface area contributed by atoms with E-state index in [0.29, 0.717) is 10.7 Å². The second-order valence-corrected chi connectivity index (χ2v) is 7.25. The van der Waals surface area contributed by atoms with Gasteiger partial charge >= 0.3 is 0 Å². The van der Waals surface area contributed by atoms with Crippen LogP contribution in [-0.2, 0) is 4.79 Å². The molecule has 2 atom stereocenters. The Kier molecular flexibility index (Phi) is 3.62. The van der Waals surface area contributed by atoms with Crippen LogP contribution < -0.4 is 0 Å². The maximum atomic E-state index is 12.5. The van der Waals surface area contributed by atoms with Crippen LogP contribution in [-0.4, -0.2) is 28.7 Å². The molecule has 0 aromatic rings. The van der Waals surface area contributed by atoms with Gasteiger partial charge in [0.1, 0.15) is 0 Å². The van der Waals surface area contributed by atoms with Gasteiger partial charge in [-0.2, -0.15) is 0 Å². The third-order valence-electron chi connectivity index (χ3n) is 4.25. The van der Waals surface area contributed by atoms with Crippen molar-refractivity contribution in [2.75, 3.05) is 13.1 Å². The number of carbonyl (C=O) groups is 1. The summed E-state index contributed by atoms with van der Waals surface area (Å²) in [4.78, 5) is 15.1. The molecule has 1 aliphatic carbocycles. The fourth-order valence-electron chi connectivity index (χ4n) is 3.09. The van der Waals surface area contributed by atoms with Crippen LogP contribution in [0.1, 0.15) is 46.0 Å². The van der Waals surface area contributed by atoms with E-state index in [-0.39, 0.29) is 11.3 Å². The lowest BCUT2D eigenvalue weighted by atomic mass is 9.68. The highest BCUT2D eigenvalue weighted by molar-refractivity contribution is 9.09. The quantitative estimate of drug-likeness (QED) is 0.679. The van der Waals surface area contributed by atoms with E-state index in [1.807, 2.05) is 0 Å². The van der Waals surface area contributed by atoms with Gasteiger partial charge in [-0.15, -0.1) is 0 Å². The van der Waals surface area contributed by atoms with Crippen LogP contribution in [0.2, 0.25) is 0 Å². The zero-order chi connectivity index (χ0) is 11.8. The smallest absolute Gasteiger partial charge is 0.226 e. The summed E-state index contributed by atoms with van der Waals surface area (Å²) in [6, 6.07) is 0. The van der Waals surface area contributed by atoms with Crippen LogP contribution in [0.25, 0.3) is 0 Å². The minimum absolute atomic E-state index is 0.208. The Bertz CT molecular complexity index is 277. The normalized spacial score (nSPS) is 34.1. The van der Waals surface area contributed by atoms with Gasteiger partial charge in [0.15, 0.2) is 0 Å². The Hall–Kier alpha value is -0.0500. The van der Waals surface area contributed by atoms with Gasteiger partial charge < -0.3 is 4.90 Å². The summed E-state index contributed by atoms with van der Waals surface area (Å²) in [5, 5.41) is 0. The third kappa shape index (κ3) is 2.44. The molecule has 0 bridgehead atoms. The average molecular weight is 288 g/mol. The van der Waals surface area contributed by atoms with Gasteiger partial charge in [0.25, 0.3) is 0 Å². The van der Waals surface area contributed by atoms with Crippen molar-refractivity contribution in [3.8, 4) is 0 Å². The Morgan fingerprint density at radius 3 is 2.62 bits per heavy atom. The van der Waals surface area contributed by atoms with Crippen molar-refractivity contribution in [1.29, 1.82) is 0 Å². The molecule has 0 aromatic carbocycles. The molecule has 0 radical (unpaired) electrons. The Labute approximate surface area is 107 Å². The first-order valence-corrected chi connectivity index (χ1v) is 7.35. The molecule has 1 heterocycles. The van der Waals surface area contributed by atoms with Crippen molar-refractivity contribution in [3.05, 3.63) is 0 Å². The van der Waals surface area contributed by atoms with Crippen LogP contribution in [0.5, 0.6) is 0 Å². The predicted octanol–water partition coefficient (Wildman–Crippen LogP) is 3.20. The third-order valence-corrected chi connectivity index (χ3v) is 5.00. The van der Waals surface area contributed by atoms with Gasteiger partial charge in [0.2, 0.25) is 5.91 Å². The minimum Gasteiger partial charge on any atom is -0.341 e. The van der Waals surface area contributed by atoms with E-state index in [0.717, 1.165) is 25.9 Å². The van der Waals surface area contributed by atoms with Crippen molar-refractivity contribution in [3.63, 3.8) is 0 Å². The molecule has 0 aromatic heterocycles. The number of halogens is 1. The van der Waals surface area contributed by atoms with E-state index in [4.69, 9.17) is 0 Å². The lowest BCUT2D eigenvalue weighted by Gasteiger charge is -2.39. The number of hydrogen-bond donors (Lipinski definition) is 0. The molecule has 2 nitrogen and oxygen atoms in total. The first-order chi connectivity index (χ1) is 7.50. The lowest BCUT2D eigenvalue weighted by molar-refractivity contribution is -0.140. The van der Waals surface area contributed by atoms with Crippen molar-refractivity contribution in [2.24, 2.45) is 11.3 Å². The standard InChI is InChI=1S/C13H22BrNO/c1-13(2)7-4-3-5-11(13)12(16)15-8-6-10(14)9-15/h10-11H,3-9H2,1-2H3. The van der Waals surface area contributed by atoms with E-state index in [9.17, 15) is 4.79 Å². The summed E-state index contributed by atoms with van der Waals surface area (Å²) in [5.41, 5.74) is 0.208. The monoisotopic (exact) mass is 287 g/mol. The molecule has 2 fully saturated rings. The topological polar surface area (TPSA) is 20.3 Å². The summed E-state index contributed by atoms with van der Waals surface area (Å²) in [6.45, 7) is 6.37. The number of amides is 1. The van der Waals surface area contributed by atoms with E-state index < -0.39 is 0 Å². The summed E-state index contributed by atoms with van der Waals surface area (Å²) in [5.74, 6) is 0.672. The van der Waals surface area contributed by atoms with Gasteiger partial charge in [-0.25, -0.2) is 0 Å². The lowest BCUT2D eigenvalue weighted by Crippen LogP contribution is -2.42. The summed E-state index contributed by atoms with van der Waals surface area (Å²) >= 11 is 3.61. The van der Waals surface area contributed by atoms with E-state index in [1.54, 1.807) is 0 Å². The molecule has 3 heteroatoms. The van der Waals surface area contributed by atoms with Crippen molar-refractivity contribution < 1.29 is 4.79 Å². The van der Waals surface area contributed by atoms with Crippen LogP contribution >= 0.6 is 15.9 Å². The molecule has 0 spiro atoms. The van der Waals surface area contributed by atoms with Crippen LogP contribution in [0.3, 0.4) is 0 Å². The predicted molar refractivity (Wildman–Crippen MR) is 69.7 cm³/mol. The van der Waals surface area contributed by atoms with Gasteiger partial charge in [0.05, 0.1) is 0 Å². The zero-order valence-corrected chi connectivity index (χ0v) is 11.9. The molecule has 16 heavy (non-hydrogen) atoms. The molecule has 2 unspecified atom stereocenters. The Morgan fingerprint density at radius 1 is 1.31 bits per heavy atom. The second-order valence-electron chi connectivity index (χ2n) is 5.96. The van der Waals surface area contributed by atoms with Crippen LogP contribution in [0.4, 0.5) is 0 Å². The summed E-state index contributed by atoms with van der Waals surface area (Å²) in [7, 11) is 0. The number of rotatable bonds is 1. The zero-order valence-electron chi connectivity index (χ0n) is 10.3. The summed E-state index contributed by atoms with van der Waals surface area (Å²) in [6.07, 6.45) is 5.92. The molecule has 2 rings (SSSR count). The van der Waals surface area contributed by atoms with Gasteiger partial charge in [-0.1, -0.05) is 42.6 Å². The second kappa shape index (κ2) is 4.67. The van der Waals surface area contributed by atoms with E-state index in [1.165, 1.54) is 19.3 Å². The maximum absolute atomic E-state index is 12.5. The molecular weight excluding hydrogens is 266 g/mol. The highest BCUT2D eigenvalue weighted by Gasteiger charge is 2.40. The Morgan fingerprint density at radius 2 is 2.06 bits per heavy atom. The molecule has 92 valence electrons. The first-order valence-electron chi connectivity index (χ1n) is 6.43. The number of likely N-dealkylation sites (tertiary alicyclic amines) is 1. The first kappa shape index (κ1) is 12.4. The largest absolute Gasteiger partial charge is 0.341 e.